The first-order valence-electron chi connectivity index (χ1n) is 9.85. The van der Waals surface area contributed by atoms with Crippen molar-refractivity contribution < 1.29 is 0 Å². The topological polar surface area (TPSA) is 0 Å². The van der Waals surface area contributed by atoms with Crippen LogP contribution < -0.4 is 19.3 Å². The van der Waals surface area contributed by atoms with E-state index >= 15 is 0 Å². The van der Waals surface area contributed by atoms with E-state index in [1.54, 1.807) is 0 Å². The van der Waals surface area contributed by atoms with Crippen molar-refractivity contribution >= 4 is 51.8 Å². The van der Waals surface area contributed by atoms with Gasteiger partial charge in [-0.15, -0.1) is 0 Å². The molecule has 29 heavy (non-hydrogen) atoms. The van der Waals surface area contributed by atoms with Gasteiger partial charge in [0.15, 0.2) is 0 Å². The molecule has 0 unspecified atom stereocenters. The van der Waals surface area contributed by atoms with Crippen LogP contribution in [0.25, 0.3) is 0 Å². The summed E-state index contributed by atoms with van der Waals surface area (Å²) in [5.41, 5.74) is 0. The van der Waals surface area contributed by atoms with E-state index in [0.717, 1.165) is 6.16 Å². The standard InChI is InChI=1S/C26H24AsPS/c29-28(25-17-9-3-10-18-25,26-19-11-4-12-20-26)22-21-27(23-13-5-1-6-14-23)24-15-7-2-8-16-24/h1-20H,21-22H2. The molecule has 4 rings (SSSR count). The fraction of sp³-hybridized carbons (Fsp3) is 0.0769. The van der Waals surface area contributed by atoms with Crippen molar-refractivity contribution in [3.05, 3.63) is 121 Å². The van der Waals surface area contributed by atoms with Gasteiger partial charge in [-0.3, -0.25) is 0 Å². The average molecular weight is 474 g/mol. The Balaban J connectivity index is 1.71. The Kier molecular flexibility index (Phi) is 6.83. The van der Waals surface area contributed by atoms with Crippen LogP contribution in [0.15, 0.2) is 121 Å². The van der Waals surface area contributed by atoms with E-state index in [1.165, 1.54) is 24.5 Å². The Bertz CT molecular complexity index is 984. The van der Waals surface area contributed by atoms with Crippen molar-refractivity contribution in [2.45, 2.75) is 5.21 Å². The van der Waals surface area contributed by atoms with Crippen LogP contribution in [0.5, 0.6) is 0 Å². The van der Waals surface area contributed by atoms with Gasteiger partial charge >= 0.3 is 185 Å². The minimum absolute atomic E-state index is 1.07. The van der Waals surface area contributed by atoms with Gasteiger partial charge in [-0.2, -0.15) is 0 Å². The minimum atomic E-state index is -1.85. The molecule has 0 spiro atoms. The number of rotatable bonds is 7. The first-order valence-corrected chi connectivity index (χ1v) is 16.0. The molecule has 0 aromatic heterocycles. The molecule has 0 N–H and O–H groups in total. The molecule has 0 fully saturated rings. The van der Waals surface area contributed by atoms with Crippen LogP contribution in [0, 0.1) is 0 Å². The van der Waals surface area contributed by atoms with Crippen LogP contribution in [0.3, 0.4) is 0 Å². The summed E-state index contributed by atoms with van der Waals surface area (Å²) in [6.07, 6.45) is 1.07. The number of hydrogen-bond acceptors (Lipinski definition) is 1. The molecular weight excluding hydrogens is 450 g/mol. The Labute approximate surface area is 183 Å². The SMILES string of the molecule is S=P(CC[As](c1ccccc1)c1ccccc1)(c1ccccc1)c1ccccc1. The van der Waals surface area contributed by atoms with E-state index in [9.17, 15) is 0 Å². The van der Waals surface area contributed by atoms with Gasteiger partial charge in [-0.25, -0.2) is 0 Å². The Morgan fingerprint density at radius 2 is 0.862 bits per heavy atom. The molecule has 0 aliphatic rings. The molecule has 0 atom stereocenters. The molecule has 0 bridgehead atoms. The van der Waals surface area contributed by atoms with E-state index in [2.05, 4.69) is 121 Å². The van der Waals surface area contributed by atoms with Crippen LogP contribution in [0.1, 0.15) is 0 Å². The zero-order valence-electron chi connectivity index (χ0n) is 16.3. The fourth-order valence-electron chi connectivity index (χ4n) is 3.61. The molecule has 0 saturated heterocycles. The summed E-state index contributed by atoms with van der Waals surface area (Å²) in [6.45, 7) is 0. The number of hydrogen-bond donors (Lipinski definition) is 0. The predicted octanol–water partition coefficient (Wildman–Crippen LogP) is 4.43. The third kappa shape index (κ3) is 4.81. The summed E-state index contributed by atoms with van der Waals surface area (Å²) >= 11 is 5.07. The first kappa shape index (κ1) is 20.4. The van der Waals surface area contributed by atoms with E-state index < -0.39 is 20.7 Å². The molecule has 0 aliphatic carbocycles. The molecule has 0 saturated carbocycles. The zero-order chi connectivity index (χ0) is 19.9. The van der Waals surface area contributed by atoms with Crippen molar-refractivity contribution in [3.63, 3.8) is 0 Å². The van der Waals surface area contributed by atoms with Crippen LogP contribution in [-0.4, -0.2) is 20.8 Å². The van der Waals surface area contributed by atoms with Crippen LogP contribution >= 0.6 is 6.04 Å². The van der Waals surface area contributed by atoms with Gasteiger partial charge in [0, 0.05) is 0 Å². The molecule has 4 aromatic rings. The van der Waals surface area contributed by atoms with E-state index in [-0.39, 0.29) is 0 Å². The summed E-state index contributed by atoms with van der Waals surface area (Å²) < 4.78 is 3.02. The Morgan fingerprint density at radius 3 is 1.24 bits per heavy atom. The molecule has 0 radical (unpaired) electrons. The third-order valence-electron chi connectivity index (χ3n) is 5.12. The molecule has 0 aliphatic heterocycles. The molecule has 3 heteroatoms. The van der Waals surface area contributed by atoms with Gasteiger partial charge in [0.1, 0.15) is 0 Å². The molecule has 144 valence electrons. The second-order valence-electron chi connectivity index (χ2n) is 6.96. The third-order valence-corrected chi connectivity index (χ3v) is 16.1. The van der Waals surface area contributed by atoms with Gasteiger partial charge in [-0.05, 0) is 0 Å². The fourth-order valence-corrected chi connectivity index (χ4v) is 15.2. The Hall–Kier alpha value is -1.91. The van der Waals surface area contributed by atoms with Crippen molar-refractivity contribution in [3.8, 4) is 0 Å². The van der Waals surface area contributed by atoms with Gasteiger partial charge in [-0.1, -0.05) is 0 Å². The van der Waals surface area contributed by atoms with Crippen LogP contribution in [-0.2, 0) is 11.8 Å². The van der Waals surface area contributed by atoms with Crippen molar-refractivity contribution in [1.82, 2.24) is 0 Å². The molecule has 4 aromatic carbocycles. The van der Waals surface area contributed by atoms with E-state index in [0.29, 0.717) is 0 Å². The maximum absolute atomic E-state index is 6.49. The summed E-state index contributed by atoms with van der Waals surface area (Å²) in [5, 5.41) is 3.84. The summed E-state index contributed by atoms with van der Waals surface area (Å²) in [6, 6.07) is 41.9. The van der Waals surface area contributed by atoms with Crippen LogP contribution in [0.2, 0.25) is 5.21 Å². The maximum atomic E-state index is 6.49. The second-order valence-corrected chi connectivity index (χ2v) is 16.7. The van der Waals surface area contributed by atoms with Crippen LogP contribution in [0.4, 0.5) is 0 Å². The Morgan fingerprint density at radius 1 is 0.517 bits per heavy atom. The predicted molar refractivity (Wildman–Crippen MR) is 134 cm³/mol. The quantitative estimate of drug-likeness (QED) is 0.282. The van der Waals surface area contributed by atoms with Gasteiger partial charge in [0.05, 0.1) is 0 Å². The summed E-state index contributed by atoms with van der Waals surface area (Å²) in [5.74, 6) is 0. The normalized spacial score (nSPS) is 11.5. The monoisotopic (exact) mass is 474 g/mol. The molecule has 0 nitrogen and oxygen atoms in total. The molecular formula is C26H24AsPS. The number of benzene rings is 4. The van der Waals surface area contributed by atoms with E-state index in [4.69, 9.17) is 11.8 Å². The van der Waals surface area contributed by atoms with Gasteiger partial charge in [0.25, 0.3) is 0 Å². The van der Waals surface area contributed by atoms with Crippen molar-refractivity contribution in [2.75, 3.05) is 6.16 Å². The van der Waals surface area contributed by atoms with E-state index in [1.807, 2.05) is 0 Å². The van der Waals surface area contributed by atoms with Gasteiger partial charge < -0.3 is 0 Å². The first-order chi connectivity index (χ1) is 14.3. The summed E-state index contributed by atoms with van der Waals surface area (Å²) in [4.78, 5) is 0. The molecule has 0 amide bonds. The van der Waals surface area contributed by atoms with Gasteiger partial charge in [0.2, 0.25) is 0 Å². The van der Waals surface area contributed by atoms with Crippen molar-refractivity contribution in [2.24, 2.45) is 0 Å². The zero-order valence-corrected chi connectivity index (χ0v) is 19.9. The molecule has 0 heterocycles. The second kappa shape index (κ2) is 9.73. The average Bonchev–Trinajstić information content (AvgIpc) is 2.81. The van der Waals surface area contributed by atoms with Crippen molar-refractivity contribution in [1.29, 1.82) is 0 Å². The summed E-state index contributed by atoms with van der Waals surface area (Å²) in [7, 11) is 0.